The number of nitrogens with two attached hydrogens (primary N) is 1. The fourth-order valence-electron chi connectivity index (χ4n) is 1.94. The summed E-state index contributed by atoms with van der Waals surface area (Å²) in [7, 11) is 0. The first-order valence-electron chi connectivity index (χ1n) is 5.70. The SMILES string of the molecule is CCn1ncc(Cl)c1C(NN)c1ccc(Cl)c(Br)c1. The molecule has 1 aromatic carbocycles. The van der Waals surface area contributed by atoms with Gasteiger partial charge < -0.3 is 0 Å². The van der Waals surface area contributed by atoms with Crippen molar-refractivity contribution < 1.29 is 0 Å². The van der Waals surface area contributed by atoms with Crippen LogP contribution in [0.1, 0.15) is 24.2 Å². The topological polar surface area (TPSA) is 55.9 Å². The van der Waals surface area contributed by atoms with Crippen molar-refractivity contribution in [1.82, 2.24) is 15.2 Å². The van der Waals surface area contributed by atoms with Gasteiger partial charge >= 0.3 is 0 Å². The first kappa shape index (κ1) is 14.8. The quantitative estimate of drug-likeness (QED) is 0.645. The van der Waals surface area contributed by atoms with E-state index in [2.05, 4.69) is 26.5 Å². The second kappa shape index (κ2) is 6.24. The highest BCUT2D eigenvalue weighted by atomic mass is 79.9. The van der Waals surface area contributed by atoms with Crippen LogP contribution in [-0.4, -0.2) is 9.78 Å². The molecule has 4 nitrogen and oxygen atoms in total. The van der Waals surface area contributed by atoms with Gasteiger partial charge in [-0.2, -0.15) is 5.10 Å². The van der Waals surface area contributed by atoms with Crippen molar-refractivity contribution in [2.45, 2.75) is 19.5 Å². The zero-order valence-corrected chi connectivity index (χ0v) is 13.3. The average molecular weight is 364 g/mol. The van der Waals surface area contributed by atoms with E-state index in [1.165, 1.54) is 0 Å². The largest absolute Gasteiger partial charge is 0.271 e. The molecule has 102 valence electrons. The summed E-state index contributed by atoms with van der Waals surface area (Å²) in [6, 6.07) is 5.38. The van der Waals surface area contributed by atoms with Crippen LogP contribution in [0.4, 0.5) is 0 Å². The van der Waals surface area contributed by atoms with Crippen LogP contribution in [0.3, 0.4) is 0 Å². The number of halogens is 3. The number of aryl methyl sites for hydroxylation is 1. The zero-order valence-electron chi connectivity index (χ0n) is 10.2. The van der Waals surface area contributed by atoms with Gasteiger partial charge in [-0.25, -0.2) is 5.43 Å². The van der Waals surface area contributed by atoms with Crippen molar-refractivity contribution in [1.29, 1.82) is 0 Å². The summed E-state index contributed by atoms with van der Waals surface area (Å²) in [5.74, 6) is 5.68. The third-order valence-electron chi connectivity index (χ3n) is 2.85. The molecular formula is C12H13BrCl2N4. The molecule has 0 aliphatic heterocycles. The molecule has 2 rings (SSSR count). The first-order chi connectivity index (χ1) is 9.08. The van der Waals surface area contributed by atoms with E-state index in [0.717, 1.165) is 22.3 Å². The van der Waals surface area contributed by atoms with E-state index in [1.807, 2.05) is 29.8 Å². The zero-order chi connectivity index (χ0) is 14.0. The number of hydrogen-bond donors (Lipinski definition) is 2. The molecule has 0 spiro atoms. The molecule has 1 atom stereocenters. The van der Waals surface area contributed by atoms with Crippen molar-refractivity contribution in [3.63, 3.8) is 0 Å². The Balaban J connectivity index is 2.49. The maximum absolute atomic E-state index is 6.20. The van der Waals surface area contributed by atoms with Crippen LogP contribution in [0.15, 0.2) is 28.9 Å². The van der Waals surface area contributed by atoms with Crippen molar-refractivity contribution in [2.24, 2.45) is 5.84 Å². The molecule has 0 bridgehead atoms. The normalized spacial score (nSPS) is 12.7. The molecule has 2 aromatic rings. The summed E-state index contributed by atoms with van der Waals surface area (Å²) >= 11 is 15.6. The molecule has 0 radical (unpaired) electrons. The van der Waals surface area contributed by atoms with Crippen LogP contribution >= 0.6 is 39.1 Å². The van der Waals surface area contributed by atoms with Gasteiger partial charge in [0.2, 0.25) is 0 Å². The lowest BCUT2D eigenvalue weighted by Crippen LogP contribution is -2.31. The predicted molar refractivity (Wildman–Crippen MR) is 81.2 cm³/mol. The van der Waals surface area contributed by atoms with Gasteiger partial charge in [0.25, 0.3) is 0 Å². The Morgan fingerprint density at radius 2 is 2.16 bits per heavy atom. The van der Waals surface area contributed by atoms with Crippen LogP contribution in [0.2, 0.25) is 10.0 Å². The van der Waals surface area contributed by atoms with Gasteiger partial charge in [0.1, 0.15) is 0 Å². The highest BCUT2D eigenvalue weighted by Gasteiger charge is 2.21. The van der Waals surface area contributed by atoms with Crippen LogP contribution in [-0.2, 0) is 6.54 Å². The second-order valence-electron chi connectivity index (χ2n) is 3.97. The lowest BCUT2D eigenvalue weighted by atomic mass is 10.0. The lowest BCUT2D eigenvalue weighted by Gasteiger charge is -2.19. The van der Waals surface area contributed by atoms with Gasteiger partial charge in [0, 0.05) is 11.0 Å². The maximum Gasteiger partial charge on any atom is 0.0893 e. The summed E-state index contributed by atoms with van der Waals surface area (Å²) in [5, 5.41) is 5.45. The number of nitrogens with one attached hydrogen (secondary N) is 1. The fourth-order valence-corrected chi connectivity index (χ4v) is 2.70. The first-order valence-corrected chi connectivity index (χ1v) is 7.25. The van der Waals surface area contributed by atoms with Gasteiger partial charge in [0.05, 0.1) is 28.0 Å². The Kier molecular flexibility index (Phi) is 4.86. The van der Waals surface area contributed by atoms with Gasteiger partial charge in [-0.1, -0.05) is 29.3 Å². The molecule has 0 aliphatic carbocycles. The molecule has 1 heterocycles. The number of aromatic nitrogens is 2. The minimum atomic E-state index is -0.247. The van der Waals surface area contributed by atoms with Crippen LogP contribution in [0, 0.1) is 0 Å². The summed E-state index contributed by atoms with van der Waals surface area (Å²) in [6.07, 6.45) is 1.62. The summed E-state index contributed by atoms with van der Waals surface area (Å²) in [4.78, 5) is 0. The van der Waals surface area contributed by atoms with E-state index in [9.17, 15) is 0 Å². The number of benzene rings is 1. The Bertz CT molecular complexity index is 585. The van der Waals surface area contributed by atoms with Gasteiger partial charge in [-0.15, -0.1) is 0 Å². The number of hydrogen-bond acceptors (Lipinski definition) is 3. The highest BCUT2D eigenvalue weighted by Crippen LogP contribution is 2.31. The maximum atomic E-state index is 6.20. The van der Waals surface area contributed by atoms with Crippen molar-refractivity contribution >= 4 is 39.1 Å². The molecule has 1 unspecified atom stereocenters. The third kappa shape index (κ3) is 2.95. The van der Waals surface area contributed by atoms with Crippen molar-refractivity contribution in [3.8, 4) is 0 Å². The minimum Gasteiger partial charge on any atom is -0.271 e. The van der Waals surface area contributed by atoms with Crippen molar-refractivity contribution in [2.75, 3.05) is 0 Å². The molecular weight excluding hydrogens is 351 g/mol. The predicted octanol–water partition coefficient (Wildman–Crippen LogP) is 3.53. The molecule has 19 heavy (non-hydrogen) atoms. The van der Waals surface area contributed by atoms with E-state index < -0.39 is 0 Å². The van der Waals surface area contributed by atoms with E-state index in [4.69, 9.17) is 29.0 Å². The average Bonchev–Trinajstić information content (AvgIpc) is 2.76. The minimum absolute atomic E-state index is 0.247. The molecule has 0 aliphatic rings. The van der Waals surface area contributed by atoms with Gasteiger partial charge in [-0.3, -0.25) is 10.5 Å². The summed E-state index contributed by atoms with van der Waals surface area (Å²) < 4.78 is 2.63. The van der Waals surface area contributed by atoms with Gasteiger partial charge in [0.15, 0.2) is 0 Å². The number of rotatable bonds is 4. The highest BCUT2D eigenvalue weighted by molar-refractivity contribution is 9.10. The molecule has 7 heteroatoms. The Morgan fingerprint density at radius 3 is 2.74 bits per heavy atom. The monoisotopic (exact) mass is 362 g/mol. The van der Waals surface area contributed by atoms with Crippen molar-refractivity contribution in [3.05, 3.63) is 50.2 Å². The standard InChI is InChI=1S/C12H13BrCl2N4/c1-2-19-12(10(15)6-17-19)11(18-16)7-3-4-9(14)8(13)5-7/h3-6,11,18H,2,16H2,1H3. The van der Waals surface area contributed by atoms with E-state index in [-0.39, 0.29) is 6.04 Å². The molecule has 0 saturated carbocycles. The molecule has 0 saturated heterocycles. The van der Waals surface area contributed by atoms with E-state index in [0.29, 0.717) is 10.0 Å². The van der Waals surface area contributed by atoms with E-state index in [1.54, 1.807) is 6.20 Å². The Hall–Kier alpha value is -0.590. The molecule has 1 aromatic heterocycles. The number of nitrogens with zero attached hydrogens (tertiary/aromatic N) is 2. The Morgan fingerprint density at radius 1 is 1.42 bits per heavy atom. The summed E-state index contributed by atoms with van der Waals surface area (Å²) in [6.45, 7) is 2.72. The lowest BCUT2D eigenvalue weighted by molar-refractivity contribution is 0.543. The van der Waals surface area contributed by atoms with Gasteiger partial charge in [-0.05, 0) is 40.5 Å². The molecule has 0 amide bonds. The molecule has 3 N–H and O–H groups in total. The van der Waals surface area contributed by atoms with E-state index >= 15 is 0 Å². The summed E-state index contributed by atoms with van der Waals surface area (Å²) in [5.41, 5.74) is 4.56. The smallest absolute Gasteiger partial charge is 0.0893 e. The van der Waals surface area contributed by atoms with Crippen LogP contribution < -0.4 is 11.3 Å². The number of hydrazine groups is 1. The molecule has 0 fully saturated rings. The Labute approximate surface area is 130 Å². The third-order valence-corrected chi connectivity index (χ3v) is 4.36. The second-order valence-corrected chi connectivity index (χ2v) is 5.64. The van der Waals surface area contributed by atoms with Crippen LogP contribution in [0.25, 0.3) is 0 Å². The fraction of sp³-hybridized carbons (Fsp3) is 0.250. The van der Waals surface area contributed by atoms with Crippen LogP contribution in [0.5, 0.6) is 0 Å².